The Kier molecular flexibility index (Phi) is 8.17. The minimum atomic E-state index is -0.0228. The highest BCUT2D eigenvalue weighted by Gasteiger charge is 2.24. The summed E-state index contributed by atoms with van der Waals surface area (Å²) in [6.07, 6.45) is 2.00. The summed E-state index contributed by atoms with van der Waals surface area (Å²) in [5.74, 6) is -0.0228. The molecule has 4 aromatic carbocycles. The van der Waals surface area contributed by atoms with Crippen molar-refractivity contribution in [3.05, 3.63) is 77.3 Å². The summed E-state index contributed by atoms with van der Waals surface area (Å²) in [6, 6.07) is 22.8. The number of benzene rings is 4. The molecule has 5 rings (SSSR count). The molecule has 2 N–H and O–H groups in total. The molecule has 0 bridgehead atoms. The van der Waals surface area contributed by atoms with Crippen molar-refractivity contribution in [3.63, 3.8) is 0 Å². The number of carbonyl (C=O) groups is 1. The molecular weight excluding hydrogens is 477 g/mol. The SMILES string of the molecule is CCCCNC(=O)c1cc(-c2ccccc2Cl)c2cc3ccccc3cc2c1N1CCNCC1.Cl. The van der Waals surface area contributed by atoms with Gasteiger partial charge in [-0.1, -0.05) is 67.4 Å². The van der Waals surface area contributed by atoms with Crippen molar-refractivity contribution in [2.75, 3.05) is 37.6 Å². The van der Waals surface area contributed by atoms with Crippen LogP contribution in [-0.2, 0) is 0 Å². The van der Waals surface area contributed by atoms with Crippen LogP contribution in [0.15, 0.2) is 66.7 Å². The summed E-state index contributed by atoms with van der Waals surface area (Å²) in [7, 11) is 0. The van der Waals surface area contributed by atoms with Gasteiger partial charge in [0.25, 0.3) is 5.91 Å². The van der Waals surface area contributed by atoms with Crippen LogP contribution >= 0.6 is 24.0 Å². The third kappa shape index (κ3) is 5.11. The van der Waals surface area contributed by atoms with Gasteiger partial charge in [-0.2, -0.15) is 0 Å². The van der Waals surface area contributed by atoms with Gasteiger partial charge in [0.15, 0.2) is 0 Å². The summed E-state index contributed by atoms with van der Waals surface area (Å²) in [5, 5.41) is 11.8. The van der Waals surface area contributed by atoms with Crippen LogP contribution in [0.25, 0.3) is 32.7 Å². The van der Waals surface area contributed by atoms with E-state index < -0.39 is 0 Å². The number of nitrogens with zero attached hydrogens (tertiary/aromatic N) is 1. The third-order valence-electron chi connectivity index (χ3n) is 6.63. The molecule has 4 aromatic rings. The molecule has 182 valence electrons. The number of hydrogen-bond donors (Lipinski definition) is 2. The molecule has 1 aliphatic rings. The topological polar surface area (TPSA) is 44.4 Å². The van der Waals surface area contributed by atoms with E-state index in [0.717, 1.165) is 72.2 Å². The lowest BCUT2D eigenvalue weighted by molar-refractivity contribution is 0.0953. The first-order valence-corrected chi connectivity index (χ1v) is 12.5. The van der Waals surface area contributed by atoms with Crippen molar-refractivity contribution in [2.45, 2.75) is 19.8 Å². The second-order valence-electron chi connectivity index (χ2n) is 8.89. The number of rotatable bonds is 6. The number of carbonyl (C=O) groups excluding carboxylic acids is 1. The Bertz CT molecular complexity index is 1350. The van der Waals surface area contributed by atoms with Crippen molar-refractivity contribution in [1.29, 1.82) is 0 Å². The van der Waals surface area contributed by atoms with Gasteiger partial charge in [-0.15, -0.1) is 12.4 Å². The summed E-state index contributed by atoms with van der Waals surface area (Å²) >= 11 is 6.68. The highest BCUT2D eigenvalue weighted by Crippen LogP contribution is 2.42. The van der Waals surface area contributed by atoms with E-state index in [-0.39, 0.29) is 18.3 Å². The minimum Gasteiger partial charge on any atom is -0.368 e. The summed E-state index contributed by atoms with van der Waals surface area (Å²) < 4.78 is 0. The quantitative estimate of drug-likeness (QED) is 0.226. The Morgan fingerprint density at radius 2 is 1.60 bits per heavy atom. The van der Waals surface area contributed by atoms with Gasteiger partial charge in [0.05, 0.1) is 11.3 Å². The highest BCUT2D eigenvalue weighted by molar-refractivity contribution is 6.34. The van der Waals surface area contributed by atoms with E-state index in [1.807, 2.05) is 24.3 Å². The predicted molar refractivity (Wildman–Crippen MR) is 151 cm³/mol. The van der Waals surface area contributed by atoms with Crippen LogP contribution in [-0.4, -0.2) is 38.6 Å². The van der Waals surface area contributed by atoms with Crippen LogP contribution in [0.4, 0.5) is 5.69 Å². The fraction of sp³-hybridized carbons (Fsp3) is 0.276. The molecule has 1 fully saturated rings. The Morgan fingerprint density at radius 3 is 2.29 bits per heavy atom. The number of hydrogen-bond acceptors (Lipinski definition) is 3. The van der Waals surface area contributed by atoms with Crippen LogP contribution < -0.4 is 15.5 Å². The van der Waals surface area contributed by atoms with Gasteiger partial charge in [-0.3, -0.25) is 4.79 Å². The van der Waals surface area contributed by atoms with Crippen molar-refractivity contribution in [1.82, 2.24) is 10.6 Å². The number of anilines is 1. The summed E-state index contributed by atoms with van der Waals surface area (Å²) in [4.78, 5) is 15.9. The minimum absolute atomic E-state index is 0. The first kappa shape index (κ1) is 25.3. The molecule has 35 heavy (non-hydrogen) atoms. The summed E-state index contributed by atoms with van der Waals surface area (Å²) in [5.41, 5.74) is 3.67. The highest BCUT2D eigenvalue weighted by atomic mass is 35.5. The van der Waals surface area contributed by atoms with Crippen LogP contribution in [0.1, 0.15) is 30.1 Å². The number of nitrogens with one attached hydrogen (secondary N) is 2. The Labute approximate surface area is 218 Å². The van der Waals surface area contributed by atoms with E-state index in [1.165, 1.54) is 10.8 Å². The standard InChI is InChI=1S/C29H30ClN3O.ClH/c1-2-3-12-32-29(34)26-19-24(22-10-6-7-11-27(22)30)23-17-20-8-4-5-9-21(20)18-25(23)28(26)33-15-13-31-14-16-33;/h4-11,17-19,31H,2-3,12-16H2,1H3,(H,32,34);1H. The molecule has 0 atom stereocenters. The van der Waals surface area contributed by atoms with E-state index in [4.69, 9.17) is 11.6 Å². The van der Waals surface area contributed by atoms with Gasteiger partial charge < -0.3 is 15.5 Å². The van der Waals surface area contributed by atoms with E-state index in [2.05, 4.69) is 64.9 Å². The largest absolute Gasteiger partial charge is 0.368 e. The van der Waals surface area contributed by atoms with Gasteiger partial charge in [-0.25, -0.2) is 0 Å². The van der Waals surface area contributed by atoms with Crippen LogP contribution in [0.3, 0.4) is 0 Å². The average Bonchev–Trinajstić information content (AvgIpc) is 2.87. The molecule has 0 aromatic heterocycles. The van der Waals surface area contributed by atoms with Crippen molar-refractivity contribution in [3.8, 4) is 11.1 Å². The zero-order valence-corrected chi connectivity index (χ0v) is 21.5. The molecule has 0 saturated carbocycles. The second kappa shape index (κ2) is 11.3. The maximum Gasteiger partial charge on any atom is 0.253 e. The van der Waals surface area contributed by atoms with E-state index >= 15 is 0 Å². The number of halogens is 2. The maximum atomic E-state index is 13.6. The van der Waals surface area contributed by atoms with Gasteiger partial charge >= 0.3 is 0 Å². The molecule has 1 amide bonds. The Hall–Kier alpha value is -2.79. The molecule has 1 heterocycles. The first-order valence-electron chi connectivity index (χ1n) is 12.2. The molecule has 1 saturated heterocycles. The zero-order chi connectivity index (χ0) is 23.5. The molecule has 1 aliphatic heterocycles. The fourth-order valence-electron chi connectivity index (χ4n) is 4.87. The molecule has 0 aliphatic carbocycles. The van der Waals surface area contributed by atoms with Gasteiger partial charge in [0.2, 0.25) is 0 Å². The van der Waals surface area contributed by atoms with Crippen LogP contribution in [0, 0.1) is 0 Å². The lowest BCUT2D eigenvalue weighted by atomic mass is 9.90. The van der Waals surface area contributed by atoms with Crippen molar-refractivity contribution in [2.24, 2.45) is 0 Å². The maximum absolute atomic E-state index is 13.6. The second-order valence-corrected chi connectivity index (χ2v) is 9.30. The predicted octanol–water partition coefficient (Wildman–Crippen LogP) is 6.67. The summed E-state index contributed by atoms with van der Waals surface area (Å²) in [6.45, 7) is 6.34. The number of amides is 1. The first-order chi connectivity index (χ1) is 16.7. The number of piperazine rings is 1. The smallest absolute Gasteiger partial charge is 0.253 e. The molecule has 4 nitrogen and oxygen atoms in total. The molecule has 6 heteroatoms. The third-order valence-corrected chi connectivity index (χ3v) is 6.96. The van der Waals surface area contributed by atoms with Crippen LogP contribution in [0.5, 0.6) is 0 Å². The van der Waals surface area contributed by atoms with E-state index in [0.29, 0.717) is 11.6 Å². The lowest BCUT2D eigenvalue weighted by Crippen LogP contribution is -2.44. The number of fused-ring (bicyclic) bond motifs is 2. The van der Waals surface area contributed by atoms with Crippen LogP contribution in [0.2, 0.25) is 5.02 Å². The van der Waals surface area contributed by atoms with Gasteiger partial charge in [-0.05, 0) is 52.4 Å². The van der Waals surface area contributed by atoms with Crippen molar-refractivity contribution >= 4 is 57.1 Å². The fourth-order valence-corrected chi connectivity index (χ4v) is 5.11. The van der Waals surface area contributed by atoms with E-state index in [1.54, 1.807) is 0 Å². The van der Waals surface area contributed by atoms with Crippen molar-refractivity contribution < 1.29 is 4.79 Å². The molecule has 0 unspecified atom stereocenters. The average molecular weight is 508 g/mol. The zero-order valence-electron chi connectivity index (χ0n) is 19.9. The lowest BCUT2D eigenvalue weighted by Gasteiger charge is -2.33. The molecule has 0 radical (unpaired) electrons. The van der Waals surface area contributed by atoms with Gasteiger partial charge in [0.1, 0.15) is 0 Å². The Balaban J connectivity index is 0.00000289. The Morgan fingerprint density at radius 1 is 0.943 bits per heavy atom. The molecule has 0 spiro atoms. The monoisotopic (exact) mass is 507 g/mol. The van der Waals surface area contributed by atoms with Gasteiger partial charge in [0, 0.05) is 48.7 Å². The molecular formula is C29H31Cl2N3O. The van der Waals surface area contributed by atoms with E-state index in [9.17, 15) is 4.79 Å². The normalized spacial score (nSPS) is 13.6. The number of unbranched alkanes of at least 4 members (excludes halogenated alkanes) is 1.